The molecule has 1 aliphatic heterocycles. The predicted octanol–water partition coefficient (Wildman–Crippen LogP) is -8.70. The van der Waals surface area contributed by atoms with Crippen LogP contribution in [0.5, 0.6) is 0 Å². The molecule has 0 aromatic rings. The van der Waals surface area contributed by atoms with E-state index in [-0.39, 0.29) is 64.2 Å². The average molecular weight is 289 g/mol. The number of carboxylic acid groups (broad SMARTS) is 2. The van der Waals surface area contributed by atoms with Crippen molar-refractivity contribution in [2.75, 3.05) is 7.11 Å². The van der Waals surface area contributed by atoms with E-state index in [2.05, 4.69) is 4.84 Å². The van der Waals surface area contributed by atoms with Gasteiger partial charge in [0, 0.05) is 0 Å². The van der Waals surface area contributed by atoms with Crippen molar-refractivity contribution in [1.29, 1.82) is 0 Å². The van der Waals surface area contributed by atoms with E-state index in [1.807, 2.05) is 0 Å². The molecule has 1 atom stereocenters. The summed E-state index contributed by atoms with van der Waals surface area (Å²) in [5.41, 5.74) is -4.24. The minimum absolute atomic E-state index is 0. The van der Waals surface area contributed by atoms with E-state index in [0.717, 1.165) is 7.11 Å². The SMILES string of the molecule is CON1C(=O)C(C)(C(C)C)C1(C(=O)[O-])C(=O)[O-].[Na+].[Na+]. The molecule has 1 unspecified atom stereocenters. The van der Waals surface area contributed by atoms with Crippen LogP contribution in [0.4, 0.5) is 0 Å². The van der Waals surface area contributed by atoms with Crippen LogP contribution in [0, 0.1) is 11.3 Å². The standard InChI is InChI=1S/C10H15NO6.2Na/c1-5(2)9(3)6(12)11(17-4)10(9,7(13)14)8(15)16;;/h5H,1-4H3,(H,13,14)(H,15,16);;/q;2*+1/p-2. The molecule has 0 aromatic heterocycles. The van der Waals surface area contributed by atoms with Gasteiger partial charge in [0.25, 0.3) is 5.91 Å². The van der Waals surface area contributed by atoms with Gasteiger partial charge in [0.2, 0.25) is 0 Å². The molecule has 1 fully saturated rings. The Bertz CT molecular complexity index is 385. The summed E-state index contributed by atoms with van der Waals surface area (Å²) in [5, 5.41) is 22.6. The maximum atomic E-state index is 11.8. The van der Waals surface area contributed by atoms with Crippen molar-refractivity contribution in [3.8, 4) is 0 Å². The van der Waals surface area contributed by atoms with E-state index in [9.17, 15) is 24.6 Å². The molecule has 96 valence electrons. The fourth-order valence-corrected chi connectivity index (χ4v) is 2.23. The predicted molar refractivity (Wildman–Crippen MR) is 49.5 cm³/mol. The Morgan fingerprint density at radius 2 is 1.58 bits per heavy atom. The van der Waals surface area contributed by atoms with E-state index in [4.69, 9.17) is 0 Å². The topological polar surface area (TPSA) is 110 Å². The van der Waals surface area contributed by atoms with E-state index >= 15 is 0 Å². The van der Waals surface area contributed by atoms with Crippen LogP contribution >= 0.6 is 0 Å². The molecular formula is C10H13NNa2O6. The first-order chi connectivity index (χ1) is 7.68. The summed E-state index contributed by atoms with van der Waals surface area (Å²) >= 11 is 0. The molecule has 0 radical (unpaired) electrons. The Kier molecular flexibility index (Phi) is 7.85. The number of carbonyl (C=O) groups is 3. The summed E-state index contributed by atoms with van der Waals surface area (Å²) < 4.78 is 0. The van der Waals surface area contributed by atoms with E-state index < -0.39 is 34.7 Å². The number of rotatable bonds is 4. The first-order valence-electron chi connectivity index (χ1n) is 5.00. The molecule has 0 aromatic carbocycles. The minimum Gasteiger partial charge on any atom is -0.547 e. The van der Waals surface area contributed by atoms with Crippen LogP contribution in [0.15, 0.2) is 0 Å². The van der Waals surface area contributed by atoms with Gasteiger partial charge in [0.05, 0.1) is 24.5 Å². The number of hydroxylamine groups is 2. The zero-order valence-corrected chi connectivity index (χ0v) is 16.0. The summed E-state index contributed by atoms with van der Waals surface area (Å²) in [6.45, 7) is 4.35. The third-order valence-corrected chi connectivity index (χ3v) is 3.61. The Balaban J connectivity index is 0. The van der Waals surface area contributed by atoms with Crippen molar-refractivity contribution < 1.29 is 88.5 Å². The molecule has 0 saturated carbocycles. The maximum Gasteiger partial charge on any atom is 1.00 e. The zero-order valence-electron chi connectivity index (χ0n) is 12.0. The third-order valence-electron chi connectivity index (χ3n) is 3.61. The second kappa shape index (κ2) is 6.89. The zero-order chi connectivity index (χ0) is 13.6. The Hall–Kier alpha value is 0.370. The minimum atomic E-state index is -2.59. The number of carboxylic acids is 2. The Morgan fingerprint density at radius 1 is 1.21 bits per heavy atom. The largest absolute Gasteiger partial charge is 1.00 e. The fourth-order valence-electron chi connectivity index (χ4n) is 2.23. The van der Waals surface area contributed by atoms with Gasteiger partial charge in [-0.25, -0.2) is 5.06 Å². The second-order valence-electron chi connectivity index (χ2n) is 4.42. The van der Waals surface area contributed by atoms with Gasteiger partial charge < -0.3 is 19.8 Å². The molecule has 0 spiro atoms. The number of carbonyl (C=O) groups excluding carboxylic acids is 3. The second-order valence-corrected chi connectivity index (χ2v) is 4.42. The van der Waals surface area contributed by atoms with Crippen LogP contribution in [-0.4, -0.2) is 35.6 Å². The van der Waals surface area contributed by atoms with Crippen LogP contribution in [0.25, 0.3) is 0 Å². The monoisotopic (exact) mass is 289 g/mol. The van der Waals surface area contributed by atoms with Gasteiger partial charge in [-0.1, -0.05) is 13.8 Å². The van der Waals surface area contributed by atoms with Gasteiger partial charge >= 0.3 is 59.1 Å². The molecule has 1 amide bonds. The van der Waals surface area contributed by atoms with Gasteiger partial charge in [0.1, 0.15) is 0 Å². The number of β-lactam (4-membered cyclic amide) rings is 1. The molecule has 1 saturated heterocycles. The first-order valence-corrected chi connectivity index (χ1v) is 5.00. The summed E-state index contributed by atoms with van der Waals surface area (Å²) in [7, 11) is 1.01. The van der Waals surface area contributed by atoms with Crippen molar-refractivity contribution in [2.45, 2.75) is 26.3 Å². The van der Waals surface area contributed by atoms with Crippen molar-refractivity contribution >= 4 is 17.8 Å². The van der Waals surface area contributed by atoms with Crippen molar-refractivity contribution in [2.24, 2.45) is 11.3 Å². The third kappa shape index (κ3) is 2.39. The summed E-state index contributed by atoms with van der Waals surface area (Å²) in [6, 6.07) is 0. The van der Waals surface area contributed by atoms with E-state index in [1.54, 1.807) is 13.8 Å². The first kappa shape index (κ1) is 21.7. The smallest absolute Gasteiger partial charge is 0.547 e. The molecule has 7 nitrogen and oxygen atoms in total. The maximum absolute atomic E-state index is 11.8. The van der Waals surface area contributed by atoms with Gasteiger partial charge in [-0.15, -0.1) is 0 Å². The number of amides is 1. The molecule has 1 rings (SSSR count). The number of nitrogens with zero attached hydrogens (tertiary/aromatic N) is 1. The Morgan fingerprint density at radius 3 is 1.79 bits per heavy atom. The van der Waals surface area contributed by atoms with Crippen molar-refractivity contribution in [3.63, 3.8) is 0 Å². The van der Waals surface area contributed by atoms with Crippen LogP contribution in [-0.2, 0) is 19.2 Å². The fraction of sp³-hybridized carbons (Fsp3) is 0.700. The van der Waals surface area contributed by atoms with Gasteiger partial charge in [-0.05, 0) is 12.8 Å². The quantitative estimate of drug-likeness (QED) is 0.289. The van der Waals surface area contributed by atoms with Gasteiger partial charge in [0.15, 0.2) is 5.54 Å². The number of aliphatic carboxylic acids is 2. The normalized spacial score (nSPS) is 24.1. The van der Waals surface area contributed by atoms with E-state index in [0.29, 0.717) is 0 Å². The molecule has 0 aliphatic carbocycles. The molecule has 0 bridgehead atoms. The van der Waals surface area contributed by atoms with Crippen LogP contribution in [0.2, 0.25) is 0 Å². The number of hydrogen-bond acceptors (Lipinski definition) is 6. The number of hydrogen-bond donors (Lipinski definition) is 0. The van der Waals surface area contributed by atoms with Crippen molar-refractivity contribution in [1.82, 2.24) is 5.06 Å². The summed E-state index contributed by atoms with van der Waals surface area (Å²) in [4.78, 5) is 38.7. The Labute approximate surface area is 155 Å². The van der Waals surface area contributed by atoms with E-state index in [1.165, 1.54) is 6.92 Å². The molecule has 19 heavy (non-hydrogen) atoms. The van der Waals surface area contributed by atoms with Gasteiger partial charge in [-0.3, -0.25) is 9.63 Å². The molecule has 1 heterocycles. The van der Waals surface area contributed by atoms with Crippen LogP contribution in [0.1, 0.15) is 20.8 Å². The molecule has 9 heteroatoms. The molecule has 1 aliphatic rings. The summed E-state index contributed by atoms with van der Waals surface area (Å²) in [6.07, 6.45) is 0. The molecular weight excluding hydrogens is 276 g/mol. The summed E-state index contributed by atoms with van der Waals surface area (Å²) in [5.74, 6) is -5.09. The van der Waals surface area contributed by atoms with Gasteiger partial charge in [-0.2, -0.15) is 0 Å². The average Bonchev–Trinajstić information content (AvgIpc) is 2.21. The van der Waals surface area contributed by atoms with Crippen LogP contribution in [0.3, 0.4) is 0 Å². The van der Waals surface area contributed by atoms with Crippen molar-refractivity contribution in [3.05, 3.63) is 0 Å². The van der Waals surface area contributed by atoms with Crippen LogP contribution < -0.4 is 69.3 Å². The molecule has 0 N–H and O–H groups in total.